The second-order valence-corrected chi connectivity index (χ2v) is 3.93. The minimum atomic E-state index is -0.584. The number of ether oxygens (including phenoxy) is 2. The highest BCUT2D eigenvalue weighted by Gasteiger charge is 2.33. The molecule has 17 heavy (non-hydrogen) atoms. The van der Waals surface area contributed by atoms with Gasteiger partial charge < -0.3 is 9.47 Å². The molecule has 0 radical (unpaired) electrons. The lowest BCUT2D eigenvalue weighted by molar-refractivity contribution is -0.150. The predicted molar refractivity (Wildman–Crippen MR) is 64.7 cm³/mol. The van der Waals surface area contributed by atoms with Gasteiger partial charge >= 0.3 is 12.1 Å². The summed E-state index contributed by atoms with van der Waals surface area (Å²) in [6.45, 7) is 10.1. The molecule has 0 aromatic heterocycles. The number of esters is 1. The molecule has 1 unspecified atom stereocenters. The van der Waals surface area contributed by atoms with Gasteiger partial charge in [-0.1, -0.05) is 13.8 Å². The van der Waals surface area contributed by atoms with Crippen LogP contribution in [0.25, 0.3) is 0 Å². The molecule has 0 aliphatic rings. The molecule has 0 bridgehead atoms. The van der Waals surface area contributed by atoms with Crippen molar-refractivity contribution in [1.82, 2.24) is 4.90 Å². The molecule has 0 saturated heterocycles. The Balaban J connectivity index is 4.86. The molecular formula is C12H23NO4. The summed E-state index contributed by atoms with van der Waals surface area (Å²) < 4.78 is 9.92. The molecule has 0 N–H and O–H groups in total. The average molecular weight is 245 g/mol. The van der Waals surface area contributed by atoms with Gasteiger partial charge in [-0.15, -0.1) is 0 Å². The van der Waals surface area contributed by atoms with Crippen LogP contribution in [0.4, 0.5) is 4.79 Å². The Hall–Kier alpha value is -1.26. The smallest absolute Gasteiger partial charge is 0.410 e. The second kappa shape index (κ2) is 7.92. The maximum absolute atomic E-state index is 11.8. The molecule has 1 amide bonds. The number of rotatable bonds is 6. The van der Waals surface area contributed by atoms with Gasteiger partial charge in [-0.05, 0) is 26.7 Å². The van der Waals surface area contributed by atoms with Gasteiger partial charge in [-0.25, -0.2) is 9.59 Å². The van der Waals surface area contributed by atoms with Crippen LogP contribution < -0.4 is 0 Å². The molecule has 0 heterocycles. The molecule has 0 aliphatic carbocycles. The maximum Gasteiger partial charge on any atom is 0.410 e. The van der Waals surface area contributed by atoms with Crippen molar-refractivity contribution in [2.75, 3.05) is 19.8 Å². The third-order valence-corrected chi connectivity index (χ3v) is 2.34. The molecule has 1 atom stereocenters. The summed E-state index contributed by atoms with van der Waals surface area (Å²) in [5.74, 6) is -0.393. The lowest BCUT2D eigenvalue weighted by atomic mass is 10.0. The van der Waals surface area contributed by atoms with Gasteiger partial charge in [0, 0.05) is 6.54 Å². The summed E-state index contributed by atoms with van der Waals surface area (Å²) in [6.07, 6.45) is -0.471. The van der Waals surface area contributed by atoms with Crippen LogP contribution in [0.15, 0.2) is 0 Å². The Kier molecular flexibility index (Phi) is 7.34. The summed E-state index contributed by atoms with van der Waals surface area (Å²) in [5.41, 5.74) is 0. The maximum atomic E-state index is 11.8. The fourth-order valence-corrected chi connectivity index (χ4v) is 1.63. The van der Waals surface area contributed by atoms with E-state index in [4.69, 9.17) is 9.47 Å². The SMILES string of the molecule is CCOC(=O)C(C(C)C)N(CC)C(=O)OCC. The van der Waals surface area contributed by atoms with Gasteiger partial charge in [0.05, 0.1) is 13.2 Å². The number of nitrogens with zero attached hydrogens (tertiary/aromatic N) is 1. The van der Waals surface area contributed by atoms with E-state index in [1.807, 2.05) is 20.8 Å². The average Bonchev–Trinajstić information content (AvgIpc) is 2.25. The van der Waals surface area contributed by atoms with Crippen LogP contribution in [-0.2, 0) is 14.3 Å². The third kappa shape index (κ3) is 4.63. The summed E-state index contributed by atoms with van der Waals surface area (Å²) in [4.78, 5) is 25.0. The first-order chi connectivity index (χ1) is 7.99. The summed E-state index contributed by atoms with van der Waals surface area (Å²) in [6, 6.07) is -0.584. The summed E-state index contributed by atoms with van der Waals surface area (Å²) in [5, 5.41) is 0. The fraction of sp³-hybridized carbons (Fsp3) is 0.833. The minimum Gasteiger partial charge on any atom is -0.464 e. The van der Waals surface area contributed by atoms with E-state index in [2.05, 4.69) is 0 Å². The van der Waals surface area contributed by atoms with E-state index in [1.165, 1.54) is 4.90 Å². The number of carbonyl (C=O) groups excluding carboxylic acids is 2. The molecule has 0 spiro atoms. The van der Waals surface area contributed by atoms with Crippen LogP contribution in [0.2, 0.25) is 0 Å². The second-order valence-electron chi connectivity index (χ2n) is 3.93. The van der Waals surface area contributed by atoms with Gasteiger partial charge in [0.2, 0.25) is 0 Å². The number of amides is 1. The molecular weight excluding hydrogens is 222 g/mol. The Morgan fingerprint density at radius 2 is 1.59 bits per heavy atom. The topological polar surface area (TPSA) is 55.8 Å². The fourth-order valence-electron chi connectivity index (χ4n) is 1.63. The van der Waals surface area contributed by atoms with Crippen molar-refractivity contribution >= 4 is 12.1 Å². The summed E-state index contributed by atoms with van der Waals surface area (Å²) in [7, 11) is 0. The van der Waals surface area contributed by atoms with Gasteiger partial charge in [-0.3, -0.25) is 4.90 Å². The van der Waals surface area contributed by atoms with Crippen LogP contribution in [0.1, 0.15) is 34.6 Å². The first-order valence-electron chi connectivity index (χ1n) is 6.09. The zero-order chi connectivity index (χ0) is 13.4. The van der Waals surface area contributed by atoms with E-state index in [-0.39, 0.29) is 11.9 Å². The molecule has 0 rings (SSSR count). The van der Waals surface area contributed by atoms with E-state index in [9.17, 15) is 9.59 Å². The van der Waals surface area contributed by atoms with E-state index in [1.54, 1.807) is 13.8 Å². The Morgan fingerprint density at radius 1 is 1.06 bits per heavy atom. The van der Waals surface area contributed by atoms with Crippen LogP contribution in [0, 0.1) is 5.92 Å². The molecule has 0 fully saturated rings. The van der Waals surface area contributed by atoms with Crippen molar-refractivity contribution in [2.24, 2.45) is 5.92 Å². The minimum absolute atomic E-state index is 0.0154. The summed E-state index contributed by atoms with van der Waals surface area (Å²) >= 11 is 0. The van der Waals surface area contributed by atoms with Crippen LogP contribution in [0.3, 0.4) is 0 Å². The molecule has 5 heteroatoms. The number of carbonyl (C=O) groups is 2. The van der Waals surface area contributed by atoms with E-state index in [0.717, 1.165) is 0 Å². The first kappa shape index (κ1) is 15.7. The standard InChI is InChI=1S/C12H23NO4/c1-6-13(12(15)17-8-3)10(9(4)5)11(14)16-7-2/h9-10H,6-8H2,1-5H3. The highest BCUT2D eigenvalue weighted by molar-refractivity contribution is 5.81. The quantitative estimate of drug-likeness (QED) is 0.672. The Labute approximate surface area is 103 Å². The van der Waals surface area contributed by atoms with Crippen LogP contribution >= 0.6 is 0 Å². The number of likely N-dealkylation sites (N-methyl/N-ethyl adjacent to an activating group) is 1. The normalized spacial score (nSPS) is 12.1. The highest BCUT2D eigenvalue weighted by atomic mass is 16.6. The van der Waals surface area contributed by atoms with Crippen molar-refractivity contribution in [3.63, 3.8) is 0 Å². The van der Waals surface area contributed by atoms with Crippen LogP contribution in [-0.4, -0.2) is 42.8 Å². The van der Waals surface area contributed by atoms with Gasteiger partial charge in [-0.2, -0.15) is 0 Å². The Bertz CT molecular complexity index is 253. The molecule has 5 nitrogen and oxygen atoms in total. The zero-order valence-corrected chi connectivity index (χ0v) is 11.4. The highest BCUT2D eigenvalue weighted by Crippen LogP contribution is 2.14. The number of hydrogen-bond acceptors (Lipinski definition) is 4. The third-order valence-electron chi connectivity index (χ3n) is 2.34. The number of hydrogen-bond donors (Lipinski definition) is 0. The predicted octanol–water partition coefficient (Wildman–Crippen LogP) is 2.05. The van der Waals surface area contributed by atoms with E-state index < -0.39 is 12.1 Å². The van der Waals surface area contributed by atoms with Gasteiger partial charge in [0.15, 0.2) is 0 Å². The largest absolute Gasteiger partial charge is 0.464 e. The molecule has 0 aliphatic heterocycles. The lowest BCUT2D eigenvalue weighted by Crippen LogP contribution is -2.49. The monoisotopic (exact) mass is 245 g/mol. The zero-order valence-electron chi connectivity index (χ0n) is 11.4. The first-order valence-corrected chi connectivity index (χ1v) is 6.09. The van der Waals surface area contributed by atoms with Crippen molar-refractivity contribution in [1.29, 1.82) is 0 Å². The van der Waals surface area contributed by atoms with Crippen molar-refractivity contribution in [3.8, 4) is 0 Å². The van der Waals surface area contributed by atoms with E-state index >= 15 is 0 Å². The molecule has 0 aromatic carbocycles. The molecule has 100 valence electrons. The van der Waals surface area contributed by atoms with Crippen LogP contribution in [0.5, 0.6) is 0 Å². The lowest BCUT2D eigenvalue weighted by Gasteiger charge is -2.30. The van der Waals surface area contributed by atoms with Crippen molar-refractivity contribution in [3.05, 3.63) is 0 Å². The van der Waals surface area contributed by atoms with Gasteiger partial charge in [0.1, 0.15) is 6.04 Å². The van der Waals surface area contributed by atoms with Gasteiger partial charge in [0.25, 0.3) is 0 Å². The Morgan fingerprint density at radius 3 is 1.94 bits per heavy atom. The van der Waals surface area contributed by atoms with Crippen molar-refractivity contribution in [2.45, 2.75) is 40.7 Å². The van der Waals surface area contributed by atoms with E-state index in [0.29, 0.717) is 19.8 Å². The van der Waals surface area contributed by atoms with Crippen molar-refractivity contribution < 1.29 is 19.1 Å². The molecule has 0 aromatic rings. The molecule has 0 saturated carbocycles.